The summed E-state index contributed by atoms with van der Waals surface area (Å²) in [4.78, 5) is 66.7. The number of nitrogens with one attached hydrogen (secondary N) is 6. The SMILES string of the molecule is COc1ccc2c(CCNC(=O)C3(NC(=O)[C@H](Cc4ccc(Cl)cc4)NC(=O)[C@H](Cc4c[nH]c5ccc(O)cc45)NC(=O)CCCN)C[C@H]3c3ccncc3)c[nH]c2c1. The van der Waals surface area contributed by atoms with Crippen LogP contribution in [0.2, 0.25) is 5.02 Å². The molecule has 1 unspecified atom stereocenters. The molecule has 3 aromatic carbocycles. The van der Waals surface area contributed by atoms with E-state index >= 15 is 0 Å². The van der Waals surface area contributed by atoms with Crippen molar-refractivity contribution in [3.05, 3.63) is 125 Å². The zero-order valence-corrected chi connectivity index (χ0v) is 33.3. The topological polar surface area (TPSA) is 216 Å². The van der Waals surface area contributed by atoms with Crippen LogP contribution in [-0.2, 0) is 38.4 Å². The summed E-state index contributed by atoms with van der Waals surface area (Å²) < 4.78 is 5.35. The molecule has 1 aliphatic carbocycles. The van der Waals surface area contributed by atoms with Gasteiger partial charge in [-0.1, -0.05) is 23.7 Å². The van der Waals surface area contributed by atoms with Gasteiger partial charge < -0.3 is 46.8 Å². The lowest BCUT2D eigenvalue weighted by molar-refractivity contribution is -0.134. The predicted molar refractivity (Wildman–Crippen MR) is 225 cm³/mol. The second-order valence-corrected chi connectivity index (χ2v) is 15.3. The van der Waals surface area contributed by atoms with Crippen LogP contribution in [0, 0.1) is 0 Å². The van der Waals surface area contributed by atoms with Gasteiger partial charge in [0, 0.05) is 89.4 Å². The Labute approximate surface area is 345 Å². The number of aromatic hydroxyl groups is 1. The van der Waals surface area contributed by atoms with E-state index in [-0.39, 0.29) is 42.7 Å². The number of hydrogen-bond acceptors (Lipinski definition) is 8. The van der Waals surface area contributed by atoms with Gasteiger partial charge in [-0.25, -0.2) is 0 Å². The summed E-state index contributed by atoms with van der Waals surface area (Å²) in [6.45, 7) is 0.602. The molecule has 4 amide bonds. The standard InChI is InChI=1S/C44H47ClN8O6/c1-59-32-9-10-33-28(24-50-37(33)22-32)14-18-48-43(58)44(23-35(44)27-12-16-47-17-13-27)53-42(57)38(19-26-4-6-30(45)7-5-26)52-41(56)39(51-40(55)3-2-15-46)20-29-25-49-36-11-8-31(54)21-34(29)36/h4-13,16-17,21-22,24-25,35,38-39,49-50,54H,2-3,14-15,18-20,23,46H2,1H3,(H,48,58)(H,51,55)(H,52,56)(H,53,57)/t35-,38-,39-,44?/m0/s1. The van der Waals surface area contributed by atoms with Crippen LogP contribution >= 0.6 is 11.6 Å². The average molecular weight is 819 g/mol. The number of fused-ring (bicyclic) bond motifs is 2. The van der Waals surface area contributed by atoms with Crippen molar-refractivity contribution in [1.82, 2.24) is 36.2 Å². The third-order valence-electron chi connectivity index (χ3n) is 10.9. The molecule has 3 aromatic heterocycles. The van der Waals surface area contributed by atoms with Gasteiger partial charge in [0.1, 0.15) is 29.1 Å². The van der Waals surface area contributed by atoms with Crippen LogP contribution in [0.5, 0.6) is 11.5 Å². The largest absolute Gasteiger partial charge is 0.508 e. The molecule has 7 rings (SSSR count). The average Bonchev–Trinajstić information content (AvgIpc) is 3.63. The second kappa shape index (κ2) is 18.0. The van der Waals surface area contributed by atoms with Crippen molar-refractivity contribution in [2.45, 2.75) is 62.1 Å². The third kappa shape index (κ3) is 9.51. The molecule has 9 N–H and O–H groups in total. The quantitative estimate of drug-likeness (QED) is 0.0624. The maximum absolute atomic E-state index is 14.6. The van der Waals surface area contributed by atoms with Gasteiger partial charge in [-0.05, 0) is 103 Å². The van der Waals surface area contributed by atoms with E-state index in [9.17, 15) is 24.3 Å². The molecule has 4 atom stereocenters. The number of amides is 4. The lowest BCUT2D eigenvalue weighted by Gasteiger charge is -2.26. The summed E-state index contributed by atoms with van der Waals surface area (Å²) in [5.41, 5.74) is 9.25. The van der Waals surface area contributed by atoms with E-state index in [4.69, 9.17) is 22.1 Å². The number of phenols is 1. The Hall–Kier alpha value is -6.38. The number of aromatic nitrogens is 3. The fraction of sp³-hybridized carbons (Fsp3) is 0.295. The minimum atomic E-state index is -1.31. The fourth-order valence-corrected chi connectivity index (χ4v) is 7.74. The van der Waals surface area contributed by atoms with Crippen LogP contribution in [0.15, 0.2) is 97.6 Å². The monoisotopic (exact) mass is 818 g/mol. The van der Waals surface area contributed by atoms with Crippen molar-refractivity contribution < 1.29 is 29.0 Å². The molecule has 15 heteroatoms. The van der Waals surface area contributed by atoms with E-state index in [1.165, 1.54) is 0 Å². The molecule has 1 fully saturated rings. The highest BCUT2D eigenvalue weighted by Crippen LogP contribution is 2.51. The Morgan fingerprint density at radius 1 is 0.898 bits per heavy atom. The number of aromatic amines is 2. The highest BCUT2D eigenvalue weighted by molar-refractivity contribution is 6.30. The van der Waals surface area contributed by atoms with Crippen molar-refractivity contribution in [2.24, 2.45) is 5.73 Å². The number of nitrogens with two attached hydrogens (primary N) is 1. The van der Waals surface area contributed by atoms with E-state index in [2.05, 4.69) is 36.2 Å². The van der Waals surface area contributed by atoms with Gasteiger partial charge in [-0.15, -0.1) is 0 Å². The minimum Gasteiger partial charge on any atom is -0.508 e. The summed E-state index contributed by atoms with van der Waals surface area (Å²) in [6.07, 6.45) is 8.42. The number of pyridine rings is 1. The third-order valence-corrected chi connectivity index (χ3v) is 11.1. The molecular formula is C44H47ClN8O6. The summed E-state index contributed by atoms with van der Waals surface area (Å²) in [7, 11) is 1.61. The molecule has 306 valence electrons. The van der Waals surface area contributed by atoms with E-state index < -0.39 is 29.4 Å². The Balaban J connectivity index is 1.13. The van der Waals surface area contributed by atoms with E-state index in [1.807, 2.05) is 36.5 Å². The molecular weight excluding hydrogens is 772 g/mol. The number of hydrogen-bond donors (Lipinski definition) is 8. The lowest BCUT2D eigenvalue weighted by atomic mass is 10.0. The number of rotatable bonds is 18. The maximum atomic E-state index is 14.6. The van der Waals surface area contributed by atoms with Crippen LogP contribution < -0.4 is 31.7 Å². The van der Waals surface area contributed by atoms with Crippen molar-refractivity contribution in [3.8, 4) is 11.5 Å². The van der Waals surface area contributed by atoms with E-state index in [0.717, 1.165) is 33.3 Å². The van der Waals surface area contributed by atoms with Crippen LogP contribution in [0.4, 0.5) is 0 Å². The zero-order chi connectivity index (χ0) is 41.5. The van der Waals surface area contributed by atoms with Gasteiger partial charge >= 0.3 is 0 Å². The maximum Gasteiger partial charge on any atom is 0.246 e. The van der Waals surface area contributed by atoms with Crippen LogP contribution in [0.1, 0.15) is 47.4 Å². The Kier molecular flexibility index (Phi) is 12.5. The van der Waals surface area contributed by atoms with Gasteiger partial charge in [0.25, 0.3) is 0 Å². The fourth-order valence-electron chi connectivity index (χ4n) is 7.61. The van der Waals surface area contributed by atoms with Crippen molar-refractivity contribution in [2.75, 3.05) is 20.2 Å². The summed E-state index contributed by atoms with van der Waals surface area (Å²) in [5.74, 6) is -1.47. The normalized spacial score (nSPS) is 16.9. The smallest absolute Gasteiger partial charge is 0.246 e. The molecule has 0 saturated heterocycles. The number of halogens is 1. The number of H-pyrrole nitrogens is 2. The van der Waals surface area contributed by atoms with Gasteiger partial charge in [-0.2, -0.15) is 0 Å². The van der Waals surface area contributed by atoms with Gasteiger partial charge in [0.05, 0.1) is 7.11 Å². The minimum absolute atomic E-state index is 0.0492. The number of nitrogens with zero attached hydrogens (tertiary/aromatic N) is 1. The number of carbonyl (C=O) groups is 4. The van der Waals surface area contributed by atoms with E-state index in [0.29, 0.717) is 53.9 Å². The Bertz CT molecular complexity index is 2450. The predicted octanol–water partition coefficient (Wildman–Crippen LogP) is 4.31. The Morgan fingerprint density at radius 3 is 2.41 bits per heavy atom. The van der Waals surface area contributed by atoms with Gasteiger partial charge in [0.15, 0.2) is 0 Å². The molecule has 3 heterocycles. The summed E-state index contributed by atoms with van der Waals surface area (Å²) in [6, 6.07) is 18.9. The molecule has 6 aromatic rings. The lowest BCUT2D eigenvalue weighted by Crippen LogP contribution is -2.59. The molecule has 0 radical (unpaired) electrons. The highest BCUT2D eigenvalue weighted by Gasteiger charge is 2.62. The number of methoxy groups -OCH3 is 1. The second-order valence-electron chi connectivity index (χ2n) is 14.9. The molecule has 1 saturated carbocycles. The molecule has 1 aliphatic rings. The van der Waals surface area contributed by atoms with Crippen LogP contribution in [0.3, 0.4) is 0 Å². The van der Waals surface area contributed by atoms with Crippen LogP contribution in [0.25, 0.3) is 21.8 Å². The first-order chi connectivity index (χ1) is 28.6. The number of benzene rings is 3. The number of carbonyl (C=O) groups excluding carboxylic acids is 4. The van der Waals surface area contributed by atoms with Crippen LogP contribution in [-0.4, -0.2) is 81.5 Å². The van der Waals surface area contributed by atoms with Crippen molar-refractivity contribution in [1.29, 1.82) is 0 Å². The first-order valence-corrected chi connectivity index (χ1v) is 19.9. The molecule has 59 heavy (non-hydrogen) atoms. The first-order valence-electron chi connectivity index (χ1n) is 19.5. The Morgan fingerprint density at radius 2 is 1.64 bits per heavy atom. The summed E-state index contributed by atoms with van der Waals surface area (Å²) >= 11 is 6.19. The molecule has 0 bridgehead atoms. The number of phenolic OH excluding ortho intramolecular Hbond substituents is 1. The van der Waals surface area contributed by atoms with Crippen molar-refractivity contribution in [3.63, 3.8) is 0 Å². The first kappa shape index (κ1) is 40.8. The summed E-state index contributed by atoms with van der Waals surface area (Å²) in [5, 5.41) is 24.3. The van der Waals surface area contributed by atoms with Gasteiger partial charge in [-0.3, -0.25) is 24.2 Å². The zero-order valence-electron chi connectivity index (χ0n) is 32.5. The number of ether oxygens (including phenoxy) is 1. The highest BCUT2D eigenvalue weighted by atomic mass is 35.5. The molecule has 0 spiro atoms. The van der Waals surface area contributed by atoms with E-state index in [1.54, 1.807) is 68.2 Å². The van der Waals surface area contributed by atoms with Crippen molar-refractivity contribution >= 4 is 57.0 Å². The molecule has 0 aliphatic heterocycles. The van der Waals surface area contributed by atoms with Gasteiger partial charge in [0.2, 0.25) is 23.6 Å². The molecule has 14 nitrogen and oxygen atoms in total.